The van der Waals surface area contributed by atoms with E-state index in [1.165, 1.54) is 29.6 Å². The number of nitrogens with zero attached hydrogens (tertiary/aromatic N) is 2. The molecule has 1 fully saturated rings. The number of rotatable bonds is 5. The molecule has 1 saturated heterocycles. The van der Waals surface area contributed by atoms with E-state index in [1.807, 2.05) is 0 Å². The highest BCUT2D eigenvalue weighted by atomic mass is 32.2. The molecule has 0 aromatic carbocycles. The SMILES string of the molecule is COC(=O)[C@@H](C)NS(=O)(=O)N1CCN(C2=CC=C(C)C(C)C2)CC1. The molecule has 136 valence electrons. The quantitative estimate of drug-likeness (QED) is 0.739. The fraction of sp³-hybridized carbons (Fsp3) is 0.688. The highest BCUT2D eigenvalue weighted by Gasteiger charge is 2.31. The Balaban J connectivity index is 1.94. The van der Waals surface area contributed by atoms with E-state index in [0.717, 1.165) is 6.42 Å². The first-order valence-corrected chi connectivity index (χ1v) is 9.66. The zero-order valence-electron chi connectivity index (χ0n) is 14.8. The summed E-state index contributed by atoms with van der Waals surface area (Å²) in [5.74, 6) is -0.0740. The maximum atomic E-state index is 12.4. The maximum Gasteiger partial charge on any atom is 0.323 e. The van der Waals surface area contributed by atoms with Crippen molar-refractivity contribution < 1.29 is 17.9 Å². The zero-order valence-corrected chi connectivity index (χ0v) is 15.6. The van der Waals surface area contributed by atoms with Crippen LogP contribution in [-0.4, -0.2) is 62.9 Å². The predicted molar refractivity (Wildman–Crippen MR) is 92.3 cm³/mol. The van der Waals surface area contributed by atoms with E-state index in [9.17, 15) is 13.2 Å². The van der Waals surface area contributed by atoms with Crippen molar-refractivity contribution in [3.05, 3.63) is 23.4 Å². The second kappa shape index (κ2) is 7.67. The van der Waals surface area contributed by atoms with Crippen molar-refractivity contribution in [3.8, 4) is 0 Å². The van der Waals surface area contributed by atoms with Crippen LogP contribution in [0.4, 0.5) is 0 Å². The molecule has 2 rings (SSSR count). The van der Waals surface area contributed by atoms with Crippen LogP contribution >= 0.6 is 0 Å². The normalized spacial score (nSPS) is 24.2. The standard InChI is InChI=1S/C16H27N3O4S/c1-12-5-6-15(11-13(12)2)18-7-9-19(10-8-18)24(21,22)17-14(3)16(20)23-4/h5-6,13-14,17H,7-11H2,1-4H3/t13?,14-/m1/s1. The number of methoxy groups -OCH3 is 1. The first kappa shape index (κ1) is 19.0. The van der Waals surface area contributed by atoms with Gasteiger partial charge in [0.25, 0.3) is 10.2 Å². The molecule has 0 aromatic heterocycles. The lowest BCUT2D eigenvalue weighted by Crippen LogP contribution is -2.54. The summed E-state index contributed by atoms with van der Waals surface area (Å²) in [6, 6.07) is -0.895. The lowest BCUT2D eigenvalue weighted by atomic mass is 9.92. The molecule has 1 aliphatic heterocycles. The Hall–Kier alpha value is -1.38. The van der Waals surface area contributed by atoms with Crippen LogP contribution in [0, 0.1) is 5.92 Å². The van der Waals surface area contributed by atoms with Gasteiger partial charge in [-0.25, -0.2) is 0 Å². The van der Waals surface area contributed by atoms with Gasteiger partial charge in [-0.1, -0.05) is 18.6 Å². The highest BCUT2D eigenvalue weighted by molar-refractivity contribution is 7.87. The van der Waals surface area contributed by atoms with Gasteiger partial charge in [0.2, 0.25) is 0 Å². The molecule has 8 heteroatoms. The number of carbonyl (C=O) groups excluding carboxylic acids is 1. The number of ether oxygens (including phenoxy) is 1. The van der Waals surface area contributed by atoms with Crippen LogP contribution < -0.4 is 4.72 Å². The Kier molecular flexibility index (Phi) is 6.06. The first-order chi connectivity index (χ1) is 11.2. The van der Waals surface area contributed by atoms with Gasteiger partial charge in [0.05, 0.1) is 7.11 Å². The summed E-state index contributed by atoms with van der Waals surface area (Å²) < 4.78 is 33.0. The number of esters is 1. The summed E-state index contributed by atoms with van der Waals surface area (Å²) in [5.41, 5.74) is 2.64. The number of carbonyl (C=O) groups is 1. The minimum Gasteiger partial charge on any atom is -0.468 e. The largest absolute Gasteiger partial charge is 0.468 e. The molecule has 0 amide bonds. The Bertz CT molecular complexity index is 634. The average Bonchev–Trinajstić information content (AvgIpc) is 2.56. The zero-order chi connectivity index (χ0) is 17.9. The van der Waals surface area contributed by atoms with Crippen molar-refractivity contribution in [1.82, 2.24) is 13.9 Å². The lowest BCUT2D eigenvalue weighted by molar-refractivity contribution is -0.142. The first-order valence-electron chi connectivity index (χ1n) is 8.22. The number of hydrogen-bond donors (Lipinski definition) is 1. The molecule has 2 aliphatic rings. The lowest BCUT2D eigenvalue weighted by Gasteiger charge is -2.38. The Morgan fingerprint density at radius 2 is 1.92 bits per heavy atom. The van der Waals surface area contributed by atoms with Gasteiger partial charge in [0.15, 0.2) is 0 Å². The molecule has 1 aliphatic carbocycles. The van der Waals surface area contributed by atoms with Gasteiger partial charge in [0.1, 0.15) is 6.04 Å². The maximum absolute atomic E-state index is 12.4. The topological polar surface area (TPSA) is 78.9 Å². The third kappa shape index (κ3) is 4.37. The van der Waals surface area contributed by atoms with Crippen molar-refractivity contribution >= 4 is 16.2 Å². The Morgan fingerprint density at radius 1 is 1.29 bits per heavy atom. The van der Waals surface area contributed by atoms with Gasteiger partial charge in [0, 0.05) is 31.9 Å². The second-order valence-electron chi connectivity index (χ2n) is 6.43. The van der Waals surface area contributed by atoms with Crippen LogP contribution in [0.1, 0.15) is 27.2 Å². The van der Waals surface area contributed by atoms with E-state index >= 15 is 0 Å². The molecule has 1 N–H and O–H groups in total. The van der Waals surface area contributed by atoms with Crippen molar-refractivity contribution in [3.63, 3.8) is 0 Å². The summed E-state index contributed by atoms with van der Waals surface area (Å²) >= 11 is 0. The van der Waals surface area contributed by atoms with Gasteiger partial charge >= 0.3 is 5.97 Å². The summed E-state index contributed by atoms with van der Waals surface area (Å²) in [7, 11) is -2.45. The average molecular weight is 357 g/mol. The molecule has 2 atom stereocenters. The highest BCUT2D eigenvalue weighted by Crippen LogP contribution is 2.27. The van der Waals surface area contributed by atoms with Gasteiger partial charge in [-0.3, -0.25) is 4.79 Å². The van der Waals surface area contributed by atoms with Crippen LogP contribution in [0.2, 0.25) is 0 Å². The summed E-state index contributed by atoms with van der Waals surface area (Å²) in [6.45, 7) is 7.92. The summed E-state index contributed by atoms with van der Waals surface area (Å²) in [6.07, 6.45) is 5.27. The van der Waals surface area contributed by atoms with Gasteiger partial charge in [-0.15, -0.1) is 0 Å². The Morgan fingerprint density at radius 3 is 2.46 bits per heavy atom. The van der Waals surface area contributed by atoms with E-state index in [4.69, 9.17) is 0 Å². The molecule has 1 heterocycles. The van der Waals surface area contributed by atoms with Gasteiger partial charge in [-0.05, 0) is 32.3 Å². The summed E-state index contributed by atoms with van der Waals surface area (Å²) in [4.78, 5) is 13.6. The molecule has 0 radical (unpaired) electrons. The van der Waals surface area contributed by atoms with Crippen molar-refractivity contribution in [1.29, 1.82) is 0 Å². The van der Waals surface area contributed by atoms with Crippen molar-refractivity contribution in [2.45, 2.75) is 33.2 Å². The number of hydrogen-bond acceptors (Lipinski definition) is 5. The molecular formula is C16H27N3O4S. The minimum atomic E-state index is -3.69. The molecule has 0 saturated carbocycles. The molecule has 7 nitrogen and oxygen atoms in total. The van der Waals surface area contributed by atoms with E-state index in [2.05, 4.69) is 40.4 Å². The Labute approximate surface area is 144 Å². The van der Waals surface area contributed by atoms with Crippen LogP contribution in [0.25, 0.3) is 0 Å². The number of nitrogens with one attached hydrogen (secondary N) is 1. The molecule has 0 bridgehead atoms. The predicted octanol–water partition coefficient (Wildman–Crippen LogP) is 0.870. The number of allylic oxidation sites excluding steroid dienone is 4. The third-order valence-electron chi connectivity index (χ3n) is 4.70. The fourth-order valence-electron chi connectivity index (χ4n) is 2.91. The van der Waals surface area contributed by atoms with Gasteiger partial charge in [-0.2, -0.15) is 17.4 Å². The van der Waals surface area contributed by atoms with Gasteiger partial charge < -0.3 is 9.64 Å². The monoisotopic (exact) mass is 357 g/mol. The minimum absolute atomic E-state index is 0.400. The summed E-state index contributed by atoms with van der Waals surface area (Å²) in [5, 5.41) is 0. The van der Waals surface area contributed by atoms with E-state index in [0.29, 0.717) is 32.1 Å². The van der Waals surface area contributed by atoms with Crippen LogP contribution in [0.5, 0.6) is 0 Å². The van der Waals surface area contributed by atoms with Crippen LogP contribution in [0.15, 0.2) is 23.4 Å². The third-order valence-corrected chi connectivity index (χ3v) is 6.39. The van der Waals surface area contributed by atoms with E-state index < -0.39 is 22.2 Å². The molecular weight excluding hydrogens is 330 g/mol. The molecule has 24 heavy (non-hydrogen) atoms. The van der Waals surface area contributed by atoms with Crippen molar-refractivity contribution in [2.75, 3.05) is 33.3 Å². The van der Waals surface area contributed by atoms with Crippen LogP contribution in [-0.2, 0) is 19.7 Å². The van der Waals surface area contributed by atoms with Crippen LogP contribution in [0.3, 0.4) is 0 Å². The molecule has 1 unspecified atom stereocenters. The molecule has 0 spiro atoms. The molecule has 0 aromatic rings. The van der Waals surface area contributed by atoms with E-state index in [-0.39, 0.29) is 0 Å². The fourth-order valence-corrected chi connectivity index (χ4v) is 4.24. The van der Waals surface area contributed by atoms with Crippen molar-refractivity contribution in [2.24, 2.45) is 5.92 Å². The smallest absolute Gasteiger partial charge is 0.323 e. The number of piperazine rings is 1. The second-order valence-corrected chi connectivity index (χ2v) is 8.13. The van der Waals surface area contributed by atoms with E-state index in [1.54, 1.807) is 0 Å².